The maximum absolute atomic E-state index is 6.06. The van der Waals surface area contributed by atoms with Gasteiger partial charge in [0.25, 0.3) is 0 Å². The monoisotopic (exact) mass is 364 g/mol. The van der Waals surface area contributed by atoms with Crippen LogP contribution >= 0.6 is 50.7 Å². The highest BCUT2D eigenvalue weighted by molar-refractivity contribution is 9.10. The molecular weight excluding hydrogens is 358 g/mol. The van der Waals surface area contributed by atoms with Crippen LogP contribution in [-0.2, 0) is 5.88 Å². The molecule has 0 bridgehead atoms. The molecule has 0 aliphatic carbocycles. The van der Waals surface area contributed by atoms with E-state index in [1.165, 1.54) is 0 Å². The first-order valence-corrected chi connectivity index (χ1v) is 7.16. The maximum atomic E-state index is 6.06. The number of halogens is 4. The lowest BCUT2D eigenvalue weighted by molar-refractivity contribution is 0.475. The highest BCUT2D eigenvalue weighted by atomic mass is 79.9. The summed E-state index contributed by atoms with van der Waals surface area (Å²) in [5.74, 6) is 1.59. The largest absolute Gasteiger partial charge is 0.456 e. The molecule has 0 fully saturated rings. The first kappa shape index (κ1) is 14.0. The van der Waals surface area contributed by atoms with Crippen LogP contribution in [0.15, 0.2) is 40.9 Å². The second-order valence-electron chi connectivity index (χ2n) is 3.53. The van der Waals surface area contributed by atoms with Gasteiger partial charge >= 0.3 is 0 Å². The van der Waals surface area contributed by atoms with Crippen molar-refractivity contribution in [1.82, 2.24) is 0 Å². The normalized spacial score (nSPS) is 10.4. The zero-order valence-corrected chi connectivity index (χ0v) is 12.9. The van der Waals surface area contributed by atoms with Gasteiger partial charge in [0.1, 0.15) is 11.5 Å². The number of rotatable bonds is 3. The lowest BCUT2D eigenvalue weighted by Gasteiger charge is -2.12. The van der Waals surface area contributed by atoms with Crippen LogP contribution < -0.4 is 4.74 Å². The standard InChI is InChI=1S/C13H8BrCl3O/c14-10-6-8(16)4-5-13(10)18-12-3-1-2-11(17)9(12)7-15/h1-6H,7H2. The van der Waals surface area contributed by atoms with Crippen LogP contribution in [0.2, 0.25) is 10.0 Å². The van der Waals surface area contributed by atoms with Crippen LogP contribution in [-0.4, -0.2) is 0 Å². The molecule has 0 saturated carbocycles. The van der Waals surface area contributed by atoms with Crippen molar-refractivity contribution in [2.24, 2.45) is 0 Å². The van der Waals surface area contributed by atoms with Crippen molar-refractivity contribution in [2.45, 2.75) is 5.88 Å². The molecule has 0 aliphatic heterocycles. The van der Waals surface area contributed by atoms with Gasteiger partial charge in [0.05, 0.1) is 10.4 Å². The topological polar surface area (TPSA) is 9.23 Å². The summed E-state index contributed by atoms with van der Waals surface area (Å²) in [6.07, 6.45) is 0. The van der Waals surface area contributed by atoms with E-state index in [4.69, 9.17) is 39.5 Å². The molecule has 2 rings (SSSR count). The molecule has 0 radical (unpaired) electrons. The van der Waals surface area contributed by atoms with Gasteiger partial charge in [0.15, 0.2) is 0 Å². The fraction of sp³-hybridized carbons (Fsp3) is 0.0769. The number of alkyl halides is 1. The smallest absolute Gasteiger partial charge is 0.141 e. The fourth-order valence-electron chi connectivity index (χ4n) is 1.44. The molecule has 1 nitrogen and oxygen atoms in total. The van der Waals surface area contributed by atoms with E-state index in [1.807, 2.05) is 12.1 Å². The fourth-order valence-corrected chi connectivity index (χ4v) is 2.78. The van der Waals surface area contributed by atoms with Crippen molar-refractivity contribution in [3.05, 3.63) is 56.5 Å². The molecule has 18 heavy (non-hydrogen) atoms. The molecule has 0 unspecified atom stereocenters. The first-order chi connectivity index (χ1) is 8.61. The SMILES string of the molecule is ClCc1c(Cl)cccc1Oc1ccc(Cl)cc1Br. The Morgan fingerprint density at radius 1 is 1.06 bits per heavy atom. The van der Waals surface area contributed by atoms with Crippen molar-refractivity contribution in [3.63, 3.8) is 0 Å². The van der Waals surface area contributed by atoms with Crippen LogP contribution in [0, 0.1) is 0 Å². The Hall–Kier alpha value is -0.410. The average Bonchev–Trinajstić information content (AvgIpc) is 2.33. The van der Waals surface area contributed by atoms with E-state index in [9.17, 15) is 0 Å². The van der Waals surface area contributed by atoms with Crippen LogP contribution in [0.4, 0.5) is 0 Å². The van der Waals surface area contributed by atoms with E-state index >= 15 is 0 Å². The van der Waals surface area contributed by atoms with E-state index < -0.39 is 0 Å². The quantitative estimate of drug-likeness (QED) is 0.580. The summed E-state index contributed by atoms with van der Waals surface area (Å²) in [7, 11) is 0. The third-order valence-electron chi connectivity index (χ3n) is 2.32. The lowest BCUT2D eigenvalue weighted by Crippen LogP contribution is -1.91. The molecule has 0 spiro atoms. The summed E-state index contributed by atoms with van der Waals surface area (Å²) in [4.78, 5) is 0. The maximum Gasteiger partial charge on any atom is 0.141 e. The van der Waals surface area contributed by atoms with Gasteiger partial charge in [-0.05, 0) is 46.3 Å². The Bertz CT molecular complexity index is 572. The highest BCUT2D eigenvalue weighted by Gasteiger charge is 2.10. The van der Waals surface area contributed by atoms with Gasteiger partial charge in [-0.3, -0.25) is 0 Å². The predicted octanol–water partition coefficient (Wildman–Crippen LogP) is 6.29. The molecule has 0 saturated heterocycles. The molecule has 0 aliphatic rings. The minimum Gasteiger partial charge on any atom is -0.456 e. The Labute approximate surface area is 129 Å². The lowest BCUT2D eigenvalue weighted by atomic mass is 10.2. The van der Waals surface area contributed by atoms with Gasteiger partial charge in [-0.25, -0.2) is 0 Å². The molecular formula is C13H8BrCl3O. The summed E-state index contributed by atoms with van der Waals surface area (Å²) < 4.78 is 6.57. The third kappa shape index (κ3) is 3.12. The van der Waals surface area contributed by atoms with Gasteiger partial charge in [-0.1, -0.05) is 29.3 Å². The summed E-state index contributed by atoms with van der Waals surface area (Å²) in [5.41, 5.74) is 0.766. The molecule has 0 heterocycles. The van der Waals surface area contributed by atoms with Gasteiger partial charge in [-0.2, -0.15) is 0 Å². The van der Waals surface area contributed by atoms with E-state index in [-0.39, 0.29) is 0 Å². The van der Waals surface area contributed by atoms with Gasteiger partial charge in [0.2, 0.25) is 0 Å². The zero-order chi connectivity index (χ0) is 13.1. The second-order valence-corrected chi connectivity index (χ2v) is 5.49. The van der Waals surface area contributed by atoms with E-state index in [1.54, 1.807) is 24.3 Å². The minimum absolute atomic E-state index is 0.292. The average molecular weight is 366 g/mol. The highest BCUT2D eigenvalue weighted by Crippen LogP contribution is 2.35. The van der Waals surface area contributed by atoms with Crippen LogP contribution in [0.3, 0.4) is 0 Å². The van der Waals surface area contributed by atoms with E-state index in [0.29, 0.717) is 27.4 Å². The van der Waals surface area contributed by atoms with Crippen molar-refractivity contribution in [3.8, 4) is 11.5 Å². The Morgan fingerprint density at radius 3 is 2.50 bits per heavy atom. The molecule has 0 amide bonds. The van der Waals surface area contributed by atoms with Crippen molar-refractivity contribution in [1.29, 1.82) is 0 Å². The Balaban J connectivity index is 2.37. The second kappa shape index (κ2) is 6.16. The molecule has 0 atom stereocenters. The third-order valence-corrected chi connectivity index (χ3v) is 3.80. The van der Waals surface area contributed by atoms with Crippen molar-refractivity contribution >= 4 is 50.7 Å². The Kier molecular flexibility index (Phi) is 4.79. The molecule has 0 aromatic heterocycles. The summed E-state index contributed by atoms with van der Waals surface area (Å²) >= 11 is 21.2. The van der Waals surface area contributed by atoms with Crippen molar-refractivity contribution < 1.29 is 4.74 Å². The molecule has 5 heteroatoms. The molecule has 94 valence electrons. The van der Waals surface area contributed by atoms with Crippen LogP contribution in [0.25, 0.3) is 0 Å². The summed E-state index contributed by atoms with van der Waals surface area (Å²) in [6, 6.07) is 10.7. The number of hydrogen-bond acceptors (Lipinski definition) is 1. The van der Waals surface area contributed by atoms with Crippen LogP contribution in [0.1, 0.15) is 5.56 Å². The van der Waals surface area contributed by atoms with Crippen LogP contribution in [0.5, 0.6) is 11.5 Å². The predicted molar refractivity (Wildman–Crippen MR) is 80.2 cm³/mol. The molecule has 0 N–H and O–H groups in total. The molecule has 2 aromatic carbocycles. The Morgan fingerprint density at radius 2 is 1.83 bits per heavy atom. The van der Waals surface area contributed by atoms with Crippen molar-refractivity contribution in [2.75, 3.05) is 0 Å². The number of ether oxygens (including phenoxy) is 1. The van der Waals surface area contributed by atoms with Gasteiger partial charge in [0, 0.05) is 15.6 Å². The summed E-state index contributed by atoms with van der Waals surface area (Å²) in [6.45, 7) is 0. The van der Waals surface area contributed by atoms with Gasteiger partial charge < -0.3 is 4.74 Å². The van der Waals surface area contributed by atoms with Gasteiger partial charge in [-0.15, -0.1) is 11.6 Å². The minimum atomic E-state index is 0.292. The summed E-state index contributed by atoms with van der Waals surface area (Å²) in [5, 5.41) is 1.23. The van der Waals surface area contributed by atoms with E-state index in [2.05, 4.69) is 15.9 Å². The zero-order valence-electron chi connectivity index (χ0n) is 9.09. The number of benzene rings is 2. The first-order valence-electron chi connectivity index (χ1n) is 5.08. The number of hydrogen-bond donors (Lipinski definition) is 0. The van der Waals surface area contributed by atoms with E-state index in [0.717, 1.165) is 10.0 Å². The molecule has 2 aromatic rings.